The Hall–Kier alpha value is 0.554. The fourth-order valence-electron chi connectivity index (χ4n) is 1.32. The van der Waals surface area contributed by atoms with Crippen molar-refractivity contribution in [2.24, 2.45) is 0 Å². The van der Waals surface area contributed by atoms with Gasteiger partial charge in [0.05, 0.1) is 0 Å². The molecular formula is C12H28O4Ti-. The Morgan fingerprint density at radius 2 is 0.647 bits per heavy atom. The quantitative estimate of drug-likeness (QED) is 0.639. The summed E-state index contributed by atoms with van der Waals surface area (Å²) >= 11 is -3.62. The van der Waals surface area contributed by atoms with Gasteiger partial charge in [0.15, 0.2) is 0 Å². The molecule has 5 heteroatoms. The molecule has 4 nitrogen and oxygen atoms in total. The third-order valence-electron chi connectivity index (χ3n) is 1.52. The van der Waals surface area contributed by atoms with E-state index >= 15 is 0 Å². The molecule has 0 fully saturated rings. The van der Waals surface area contributed by atoms with E-state index in [1.807, 2.05) is 55.4 Å². The van der Waals surface area contributed by atoms with Gasteiger partial charge in [0.2, 0.25) is 0 Å². The fourth-order valence-corrected chi connectivity index (χ4v) is 5.45. The third-order valence-corrected chi connectivity index (χ3v) is 6.27. The van der Waals surface area contributed by atoms with Crippen molar-refractivity contribution in [3.8, 4) is 0 Å². The van der Waals surface area contributed by atoms with Crippen LogP contribution in [0.2, 0.25) is 0 Å². The Morgan fingerprint density at radius 3 is 0.765 bits per heavy atom. The van der Waals surface area contributed by atoms with Gasteiger partial charge < -0.3 is 0 Å². The molecule has 17 heavy (non-hydrogen) atoms. The Kier molecular flexibility index (Phi) is 8.13. The molecule has 0 bridgehead atoms. The topological polar surface area (TPSA) is 36.9 Å². The summed E-state index contributed by atoms with van der Waals surface area (Å²) in [5.41, 5.74) is 0. The Balaban J connectivity index is 4.89. The van der Waals surface area contributed by atoms with Crippen molar-refractivity contribution in [2.75, 3.05) is 0 Å². The van der Waals surface area contributed by atoms with Gasteiger partial charge in [0, 0.05) is 0 Å². The van der Waals surface area contributed by atoms with E-state index in [2.05, 4.69) is 0 Å². The van der Waals surface area contributed by atoms with Crippen LogP contribution in [0.15, 0.2) is 0 Å². The first kappa shape index (κ1) is 17.6. The molecule has 0 aliphatic rings. The van der Waals surface area contributed by atoms with Crippen molar-refractivity contribution in [3.05, 3.63) is 0 Å². The maximum absolute atomic E-state index is 5.89. The molecule has 0 radical (unpaired) electrons. The zero-order valence-electron chi connectivity index (χ0n) is 12.4. The van der Waals surface area contributed by atoms with Crippen molar-refractivity contribution >= 4 is 0 Å². The molecule has 0 rings (SSSR count). The van der Waals surface area contributed by atoms with Crippen LogP contribution in [0, 0.1) is 0 Å². The first-order valence-electron chi connectivity index (χ1n) is 6.38. The van der Waals surface area contributed by atoms with Gasteiger partial charge in [0.25, 0.3) is 0 Å². The van der Waals surface area contributed by atoms with Crippen molar-refractivity contribution in [2.45, 2.75) is 79.8 Å². The molecule has 0 aromatic rings. The molecule has 105 valence electrons. The molecule has 0 aromatic carbocycles. The average Bonchev–Trinajstić information content (AvgIpc) is 1.95. The summed E-state index contributed by atoms with van der Waals surface area (Å²) in [6.07, 6.45) is 0.134. The van der Waals surface area contributed by atoms with Crippen LogP contribution in [0.4, 0.5) is 0 Å². The van der Waals surface area contributed by atoms with Crippen LogP contribution in [0.5, 0.6) is 0 Å². The van der Waals surface area contributed by atoms with E-state index in [4.69, 9.17) is 13.3 Å². The van der Waals surface area contributed by atoms with Crippen LogP contribution in [0.3, 0.4) is 0 Å². The zero-order chi connectivity index (χ0) is 13.6. The Bertz CT molecular complexity index is 159. The zero-order valence-corrected chi connectivity index (χ0v) is 14.0. The van der Waals surface area contributed by atoms with Gasteiger partial charge in [-0.05, 0) is 0 Å². The molecule has 0 N–H and O–H groups in total. The van der Waals surface area contributed by atoms with Gasteiger partial charge in [-0.1, -0.05) is 0 Å². The first-order valence-corrected chi connectivity index (χ1v) is 8.93. The van der Waals surface area contributed by atoms with E-state index in [0.717, 1.165) is 0 Å². The Morgan fingerprint density at radius 1 is 0.471 bits per heavy atom. The minimum atomic E-state index is -3.62. The number of hydrogen-bond donors (Lipinski definition) is 0. The van der Waals surface area contributed by atoms with Crippen molar-refractivity contribution in [1.29, 1.82) is 0 Å². The summed E-state index contributed by atoms with van der Waals surface area (Å²) in [6.45, 7) is 15.8. The standard InChI is InChI=1S/4C3H7O.Ti/c4*1-3(2)4;/h4*3H,1-2H3;/q4*-1;+3. The van der Waals surface area contributed by atoms with Gasteiger partial charge in [-0.15, -0.1) is 0 Å². The summed E-state index contributed by atoms with van der Waals surface area (Å²) < 4.78 is 23.6. The normalized spacial score (nSPS) is 13.4. The molecule has 0 amide bonds. The Labute approximate surface area is 111 Å². The van der Waals surface area contributed by atoms with Crippen LogP contribution in [0.1, 0.15) is 55.4 Å². The van der Waals surface area contributed by atoms with Gasteiger partial charge in [-0.3, -0.25) is 0 Å². The van der Waals surface area contributed by atoms with Crippen molar-refractivity contribution < 1.29 is 31.4 Å². The van der Waals surface area contributed by atoms with Gasteiger partial charge in [-0.2, -0.15) is 0 Å². The molecule has 0 aromatic heterocycles. The van der Waals surface area contributed by atoms with E-state index in [1.165, 1.54) is 0 Å². The van der Waals surface area contributed by atoms with E-state index in [0.29, 0.717) is 0 Å². The molecule has 0 saturated carbocycles. The fraction of sp³-hybridized carbons (Fsp3) is 1.00. The molecule has 0 aliphatic heterocycles. The van der Waals surface area contributed by atoms with Gasteiger partial charge in [-0.25, -0.2) is 0 Å². The summed E-state index contributed by atoms with van der Waals surface area (Å²) in [7, 11) is 0. The van der Waals surface area contributed by atoms with Crippen molar-refractivity contribution in [1.82, 2.24) is 0 Å². The predicted octanol–water partition coefficient (Wildman–Crippen LogP) is 3.50. The van der Waals surface area contributed by atoms with E-state index in [9.17, 15) is 0 Å². The maximum atomic E-state index is 5.89. The second-order valence-electron chi connectivity index (χ2n) is 5.17. The van der Waals surface area contributed by atoms with Crippen LogP contribution >= 0.6 is 0 Å². The van der Waals surface area contributed by atoms with Gasteiger partial charge >= 0.3 is 111 Å². The monoisotopic (exact) mass is 284 g/mol. The van der Waals surface area contributed by atoms with Crippen LogP contribution in [-0.2, 0) is 31.4 Å². The van der Waals surface area contributed by atoms with Gasteiger partial charge in [0.1, 0.15) is 0 Å². The number of rotatable bonds is 8. The van der Waals surface area contributed by atoms with E-state index < -0.39 is 18.1 Å². The molecule has 0 spiro atoms. The van der Waals surface area contributed by atoms with Crippen LogP contribution in [0.25, 0.3) is 0 Å². The van der Waals surface area contributed by atoms with Crippen LogP contribution in [-0.4, -0.2) is 24.4 Å². The third kappa shape index (κ3) is 8.30. The summed E-state index contributed by atoms with van der Waals surface area (Å²) in [4.78, 5) is 0. The first-order chi connectivity index (χ1) is 7.67. The average molecular weight is 284 g/mol. The molecule has 0 unspecified atom stereocenters. The molecular weight excluding hydrogens is 256 g/mol. The second kappa shape index (κ2) is 7.87. The van der Waals surface area contributed by atoms with Crippen molar-refractivity contribution in [3.63, 3.8) is 0 Å². The molecule has 0 aliphatic carbocycles. The SMILES string of the molecule is CC(C)[O][Ti-]([O]C(C)C)([O]C(C)C)[O]C(C)C. The molecule has 0 saturated heterocycles. The minimum absolute atomic E-state index is 0.0336. The summed E-state index contributed by atoms with van der Waals surface area (Å²) in [6, 6.07) is 0. The van der Waals surface area contributed by atoms with E-state index in [1.54, 1.807) is 0 Å². The second-order valence-corrected chi connectivity index (χ2v) is 8.20. The summed E-state index contributed by atoms with van der Waals surface area (Å²) in [5, 5.41) is 0. The number of hydrogen-bond acceptors (Lipinski definition) is 4. The van der Waals surface area contributed by atoms with Crippen LogP contribution < -0.4 is 0 Å². The molecule has 0 heterocycles. The molecule has 0 atom stereocenters. The summed E-state index contributed by atoms with van der Waals surface area (Å²) in [5.74, 6) is 0. The van der Waals surface area contributed by atoms with E-state index in [-0.39, 0.29) is 24.4 Å². The predicted molar refractivity (Wildman–Crippen MR) is 64.9 cm³/mol.